The molecule has 176 valence electrons. The fourth-order valence-electron chi connectivity index (χ4n) is 5.92. The van der Waals surface area contributed by atoms with E-state index in [0.29, 0.717) is 29.0 Å². The summed E-state index contributed by atoms with van der Waals surface area (Å²) in [5.74, 6) is -1.29. The maximum Gasteiger partial charge on any atom is 0.343 e. The predicted molar refractivity (Wildman–Crippen MR) is 122 cm³/mol. The summed E-state index contributed by atoms with van der Waals surface area (Å²) in [4.78, 5) is 41.6. The summed E-state index contributed by atoms with van der Waals surface area (Å²) in [6, 6.07) is 4.29. The molecule has 8 nitrogen and oxygen atoms in total. The Kier molecular flexibility index (Phi) is 4.29. The van der Waals surface area contributed by atoms with Crippen molar-refractivity contribution >= 4 is 16.9 Å². The van der Waals surface area contributed by atoms with Gasteiger partial charge in [-0.2, -0.15) is 0 Å². The van der Waals surface area contributed by atoms with Crippen LogP contribution in [0.4, 0.5) is 4.39 Å². The van der Waals surface area contributed by atoms with E-state index in [9.17, 15) is 23.9 Å². The molecule has 0 fully saturated rings. The average molecular weight is 465 g/mol. The Morgan fingerprint density at radius 2 is 1.97 bits per heavy atom. The second-order valence-corrected chi connectivity index (χ2v) is 9.56. The Bertz CT molecular complexity index is 1550. The monoisotopic (exact) mass is 465 g/mol. The summed E-state index contributed by atoms with van der Waals surface area (Å²) in [5, 5.41) is 11.3. The van der Waals surface area contributed by atoms with Crippen LogP contribution in [-0.4, -0.2) is 39.2 Å². The molecule has 2 atom stereocenters. The van der Waals surface area contributed by atoms with E-state index in [-0.39, 0.29) is 47.6 Å². The van der Waals surface area contributed by atoms with Gasteiger partial charge in [-0.1, -0.05) is 6.92 Å². The van der Waals surface area contributed by atoms with Gasteiger partial charge in [-0.05, 0) is 50.7 Å². The molecular weight excluding hydrogens is 441 g/mol. The van der Waals surface area contributed by atoms with Gasteiger partial charge in [0.2, 0.25) is 0 Å². The minimum Gasteiger partial charge on any atom is -0.458 e. The summed E-state index contributed by atoms with van der Waals surface area (Å²) in [6.45, 7) is 2.21. The van der Waals surface area contributed by atoms with Gasteiger partial charge in [-0.25, -0.2) is 9.18 Å². The number of hydrogen-bond donors (Lipinski definition) is 1. The predicted octanol–water partition coefficient (Wildman–Crippen LogP) is 1.99. The number of ether oxygens (including phenoxy) is 1. The molecular formula is C25H24FN3O5. The number of carbonyl (C=O) groups is 1. The number of rotatable bonds is 2. The van der Waals surface area contributed by atoms with E-state index in [2.05, 4.69) is 0 Å². The highest BCUT2D eigenvalue weighted by Gasteiger charge is 2.45. The molecule has 3 aromatic rings. The Morgan fingerprint density at radius 1 is 1.21 bits per heavy atom. The number of benzene rings is 1. The van der Waals surface area contributed by atoms with Crippen molar-refractivity contribution in [2.75, 3.05) is 14.1 Å². The standard InChI is InChI=1S/C25H24FN3O5/c1-4-25(33)16-9-18-20-19(10-29(18)23(31)15(16)11-34-24(25)32)28-6-5-17(27(2)3)13-7-12(26)8-14(21(13)28)22(20)30/h7-9,17,33H,4-6,10-11H2,1-3H3/t17-,25+/m1/s1. The van der Waals surface area contributed by atoms with Crippen LogP contribution in [0.5, 0.6) is 0 Å². The Balaban J connectivity index is 1.70. The molecule has 6 rings (SSSR count). The van der Waals surface area contributed by atoms with E-state index in [4.69, 9.17) is 4.74 Å². The molecule has 1 N–H and O–H groups in total. The second kappa shape index (κ2) is 6.86. The molecule has 3 aliphatic rings. The first-order chi connectivity index (χ1) is 16.2. The SMILES string of the molecule is CC[C@@]1(O)C(=O)OCc2c1cc1n(c2=O)Cc2c-1c(=O)c1cc(F)cc3c1n2CC[C@H]3N(C)C. The molecule has 1 aromatic carbocycles. The first-order valence-electron chi connectivity index (χ1n) is 11.4. The number of aryl methyl sites for hydroxylation is 1. The lowest BCUT2D eigenvalue weighted by Crippen LogP contribution is -2.44. The van der Waals surface area contributed by atoms with Gasteiger partial charge in [0.05, 0.1) is 34.6 Å². The van der Waals surface area contributed by atoms with E-state index in [1.807, 2.05) is 23.6 Å². The molecule has 5 heterocycles. The quantitative estimate of drug-likeness (QED) is 0.455. The lowest BCUT2D eigenvalue weighted by Gasteiger charge is -2.33. The zero-order chi connectivity index (χ0) is 24.1. The van der Waals surface area contributed by atoms with Gasteiger partial charge in [0.25, 0.3) is 5.56 Å². The Hall–Kier alpha value is -3.30. The zero-order valence-corrected chi connectivity index (χ0v) is 19.1. The van der Waals surface area contributed by atoms with Gasteiger partial charge in [-0.3, -0.25) is 9.59 Å². The number of carbonyl (C=O) groups excluding carboxylic acids is 1. The number of hydrogen-bond acceptors (Lipinski definition) is 6. The molecule has 0 saturated heterocycles. The first-order valence-corrected chi connectivity index (χ1v) is 11.4. The molecule has 3 aliphatic heterocycles. The molecule has 0 saturated carbocycles. The van der Waals surface area contributed by atoms with Crippen molar-refractivity contribution < 1.29 is 19.0 Å². The summed E-state index contributed by atoms with van der Waals surface area (Å²) >= 11 is 0. The minimum absolute atomic E-state index is 0.0248. The maximum absolute atomic E-state index is 14.7. The largest absolute Gasteiger partial charge is 0.458 e. The molecule has 0 bridgehead atoms. The maximum atomic E-state index is 14.7. The van der Waals surface area contributed by atoms with Crippen molar-refractivity contribution in [1.82, 2.24) is 14.0 Å². The highest BCUT2D eigenvalue weighted by Crippen LogP contribution is 2.41. The van der Waals surface area contributed by atoms with Crippen molar-refractivity contribution in [3.05, 3.63) is 67.0 Å². The third-order valence-electron chi connectivity index (χ3n) is 7.68. The molecule has 9 heteroatoms. The van der Waals surface area contributed by atoms with Crippen molar-refractivity contribution in [1.29, 1.82) is 0 Å². The fourth-order valence-corrected chi connectivity index (χ4v) is 5.92. The Labute approximate surface area is 193 Å². The van der Waals surface area contributed by atoms with Gasteiger partial charge in [0, 0.05) is 23.5 Å². The molecule has 0 aliphatic carbocycles. The molecule has 0 unspecified atom stereocenters. The Morgan fingerprint density at radius 3 is 2.68 bits per heavy atom. The number of esters is 1. The van der Waals surface area contributed by atoms with E-state index in [1.165, 1.54) is 16.7 Å². The molecule has 34 heavy (non-hydrogen) atoms. The van der Waals surface area contributed by atoms with Crippen molar-refractivity contribution in [3.8, 4) is 11.3 Å². The number of fused-ring (bicyclic) bond motifs is 5. The number of pyridine rings is 2. The van der Waals surface area contributed by atoms with Gasteiger partial charge in [0.1, 0.15) is 12.4 Å². The molecule has 2 aromatic heterocycles. The van der Waals surface area contributed by atoms with Gasteiger partial charge in [-0.15, -0.1) is 0 Å². The van der Waals surface area contributed by atoms with Crippen molar-refractivity contribution in [2.45, 2.75) is 51.1 Å². The van der Waals surface area contributed by atoms with Crippen LogP contribution in [0.1, 0.15) is 48.2 Å². The van der Waals surface area contributed by atoms with Crippen LogP contribution in [0.15, 0.2) is 27.8 Å². The number of cyclic esters (lactones) is 1. The summed E-state index contributed by atoms with van der Waals surface area (Å²) < 4.78 is 23.3. The summed E-state index contributed by atoms with van der Waals surface area (Å²) in [7, 11) is 3.86. The first kappa shape index (κ1) is 21.2. The van der Waals surface area contributed by atoms with Crippen LogP contribution in [0.3, 0.4) is 0 Å². The average Bonchev–Trinajstić information content (AvgIpc) is 3.19. The van der Waals surface area contributed by atoms with Crippen LogP contribution >= 0.6 is 0 Å². The zero-order valence-electron chi connectivity index (χ0n) is 19.1. The molecule has 0 amide bonds. The van der Waals surface area contributed by atoms with Gasteiger partial charge < -0.3 is 23.9 Å². The van der Waals surface area contributed by atoms with E-state index in [1.54, 1.807) is 13.0 Å². The third-order valence-corrected chi connectivity index (χ3v) is 7.68. The fraction of sp³-hybridized carbons (Fsp3) is 0.400. The number of halogens is 1. The lowest BCUT2D eigenvalue weighted by atomic mass is 9.85. The van der Waals surface area contributed by atoms with Crippen LogP contribution in [0.2, 0.25) is 0 Å². The van der Waals surface area contributed by atoms with E-state index < -0.39 is 22.9 Å². The van der Waals surface area contributed by atoms with Crippen molar-refractivity contribution in [3.63, 3.8) is 0 Å². The normalized spacial score (nSPS) is 22.5. The number of nitrogens with zero attached hydrogens (tertiary/aromatic N) is 3. The third kappa shape index (κ3) is 2.51. The van der Waals surface area contributed by atoms with E-state index >= 15 is 0 Å². The van der Waals surface area contributed by atoms with Crippen LogP contribution in [-0.2, 0) is 34.8 Å². The van der Waals surface area contributed by atoms with Crippen LogP contribution in [0.25, 0.3) is 22.2 Å². The lowest BCUT2D eigenvalue weighted by molar-refractivity contribution is -0.172. The second-order valence-electron chi connectivity index (χ2n) is 9.56. The van der Waals surface area contributed by atoms with Gasteiger partial charge in [0.15, 0.2) is 11.0 Å². The van der Waals surface area contributed by atoms with Crippen LogP contribution < -0.4 is 11.0 Å². The topological polar surface area (TPSA) is 93.8 Å². The minimum atomic E-state index is -1.95. The number of aromatic nitrogens is 2. The van der Waals surface area contributed by atoms with Gasteiger partial charge >= 0.3 is 5.97 Å². The molecule has 0 radical (unpaired) electrons. The number of aliphatic hydroxyl groups is 1. The van der Waals surface area contributed by atoms with Crippen LogP contribution in [0, 0.1) is 5.82 Å². The highest BCUT2D eigenvalue weighted by molar-refractivity contribution is 5.90. The smallest absolute Gasteiger partial charge is 0.343 e. The summed E-state index contributed by atoms with van der Waals surface area (Å²) in [6.07, 6.45) is 0.755. The highest BCUT2D eigenvalue weighted by atomic mass is 19.1. The van der Waals surface area contributed by atoms with Crippen molar-refractivity contribution in [2.24, 2.45) is 0 Å². The summed E-state index contributed by atoms with van der Waals surface area (Å²) in [5.41, 5.74) is 0.507. The molecule has 0 spiro atoms. The van der Waals surface area contributed by atoms with E-state index in [0.717, 1.165) is 12.0 Å².